The third-order valence-corrected chi connectivity index (χ3v) is 4.19. The van der Waals surface area contributed by atoms with Gasteiger partial charge in [-0.15, -0.1) is 5.10 Å². The van der Waals surface area contributed by atoms with Crippen molar-refractivity contribution in [3.63, 3.8) is 0 Å². The van der Waals surface area contributed by atoms with Gasteiger partial charge in [0.25, 0.3) is 0 Å². The lowest BCUT2D eigenvalue weighted by Crippen LogP contribution is -2.28. The molecule has 1 atom stereocenters. The fourth-order valence-electron chi connectivity index (χ4n) is 2.23. The highest BCUT2D eigenvalue weighted by Gasteiger charge is 2.24. The zero-order chi connectivity index (χ0) is 12.7. The Hall–Kier alpha value is -0.480. The molecule has 0 radical (unpaired) electrons. The third-order valence-electron chi connectivity index (χ3n) is 3.34. The fourth-order valence-corrected chi connectivity index (χ4v) is 3.14. The van der Waals surface area contributed by atoms with Crippen molar-refractivity contribution in [3.8, 4) is 0 Å². The summed E-state index contributed by atoms with van der Waals surface area (Å²) >= 11 is 1.57. The molecule has 0 fully saturated rings. The van der Waals surface area contributed by atoms with Crippen molar-refractivity contribution in [3.05, 3.63) is 10.6 Å². The van der Waals surface area contributed by atoms with Crippen molar-refractivity contribution in [1.29, 1.82) is 0 Å². The maximum absolute atomic E-state index is 4.24. The maximum Gasteiger partial charge on any atom is 0.0801 e. The van der Waals surface area contributed by atoms with Gasteiger partial charge in [0.05, 0.1) is 10.6 Å². The van der Waals surface area contributed by atoms with Crippen molar-refractivity contribution in [2.75, 3.05) is 6.54 Å². The smallest absolute Gasteiger partial charge is 0.0801 e. The number of nitrogens with one attached hydrogen (secondary N) is 1. The molecule has 1 aromatic heterocycles. The Morgan fingerprint density at radius 2 is 1.88 bits per heavy atom. The van der Waals surface area contributed by atoms with Crippen LogP contribution >= 0.6 is 11.5 Å². The van der Waals surface area contributed by atoms with Crippen LogP contribution in [-0.2, 0) is 6.42 Å². The summed E-state index contributed by atoms with van der Waals surface area (Å²) < 4.78 is 4.12. The number of aromatic nitrogens is 2. The zero-order valence-corrected chi connectivity index (χ0v) is 12.3. The van der Waals surface area contributed by atoms with Crippen LogP contribution in [0.2, 0.25) is 0 Å². The molecule has 0 spiro atoms. The van der Waals surface area contributed by atoms with Crippen LogP contribution in [0.1, 0.15) is 63.6 Å². The highest BCUT2D eigenvalue weighted by Crippen LogP contribution is 2.31. The van der Waals surface area contributed by atoms with Gasteiger partial charge < -0.3 is 5.32 Å². The first kappa shape index (κ1) is 14.6. The van der Waals surface area contributed by atoms with E-state index in [0.717, 1.165) is 13.0 Å². The largest absolute Gasteiger partial charge is 0.309 e. The van der Waals surface area contributed by atoms with Crippen LogP contribution in [-0.4, -0.2) is 16.1 Å². The van der Waals surface area contributed by atoms with Gasteiger partial charge in [-0.1, -0.05) is 45.0 Å². The molecule has 0 aliphatic rings. The summed E-state index contributed by atoms with van der Waals surface area (Å²) in [4.78, 5) is 1.36. The Balaban J connectivity index is 2.88. The molecule has 0 saturated carbocycles. The number of hydrogen-bond donors (Lipinski definition) is 1. The van der Waals surface area contributed by atoms with Gasteiger partial charge in [0, 0.05) is 6.04 Å². The summed E-state index contributed by atoms with van der Waals surface area (Å²) in [6, 6.07) is 0.444. The first-order valence-electron chi connectivity index (χ1n) is 6.82. The van der Waals surface area contributed by atoms with Crippen LogP contribution in [0.15, 0.2) is 0 Å². The molecule has 0 bridgehead atoms. The van der Waals surface area contributed by atoms with E-state index < -0.39 is 0 Å². The molecule has 4 heteroatoms. The second kappa shape index (κ2) is 7.77. The Kier molecular flexibility index (Phi) is 6.66. The lowest BCUT2D eigenvalue weighted by molar-refractivity contribution is 0.344. The van der Waals surface area contributed by atoms with Gasteiger partial charge >= 0.3 is 0 Å². The second-order valence-corrected chi connectivity index (χ2v) is 5.23. The van der Waals surface area contributed by atoms with Gasteiger partial charge in [0.15, 0.2) is 0 Å². The molecule has 1 rings (SSSR count). The summed E-state index contributed by atoms with van der Waals surface area (Å²) in [5.41, 5.74) is 1.18. The van der Waals surface area contributed by atoms with Crippen molar-refractivity contribution in [1.82, 2.24) is 14.9 Å². The second-order valence-electron chi connectivity index (χ2n) is 4.45. The minimum absolute atomic E-state index is 0.444. The Morgan fingerprint density at radius 3 is 2.41 bits per heavy atom. The Morgan fingerprint density at radius 1 is 1.18 bits per heavy atom. The first-order chi connectivity index (χ1) is 8.28. The third kappa shape index (κ3) is 3.75. The minimum atomic E-state index is 0.444. The van der Waals surface area contributed by atoms with Crippen LogP contribution in [0.5, 0.6) is 0 Å². The topological polar surface area (TPSA) is 37.8 Å². The summed E-state index contributed by atoms with van der Waals surface area (Å²) in [7, 11) is 0. The SMILES string of the molecule is CCCNC(c1snnc1CC)C(CC)CC. The van der Waals surface area contributed by atoms with Crippen molar-refractivity contribution >= 4 is 11.5 Å². The average Bonchev–Trinajstić information content (AvgIpc) is 2.82. The number of nitrogens with zero attached hydrogens (tertiary/aromatic N) is 2. The van der Waals surface area contributed by atoms with Gasteiger partial charge in [-0.2, -0.15) is 0 Å². The van der Waals surface area contributed by atoms with E-state index in [1.54, 1.807) is 11.5 Å². The zero-order valence-electron chi connectivity index (χ0n) is 11.5. The van der Waals surface area contributed by atoms with Gasteiger partial charge in [-0.25, -0.2) is 0 Å². The van der Waals surface area contributed by atoms with Crippen molar-refractivity contribution in [2.45, 2.75) is 59.4 Å². The van der Waals surface area contributed by atoms with Gasteiger partial charge in [0.2, 0.25) is 0 Å². The molecule has 0 amide bonds. The standard InChI is InChI=1S/C13H25N3S/c1-5-9-14-12(10(6-2)7-3)13-11(8-4)15-16-17-13/h10,12,14H,5-9H2,1-4H3. The number of hydrogen-bond acceptors (Lipinski definition) is 4. The molecular formula is C13H25N3S. The quantitative estimate of drug-likeness (QED) is 0.771. The van der Waals surface area contributed by atoms with Crippen LogP contribution in [0, 0.1) is 5.92 Å². The van der Waals surface area contributed by atoms with Gasteiger partial charge in [0.1, 0.15) is 0 Å². The normalized spacial score (nSPS) is 13.2. The summed E-state index contributed by atoms with van der Waals surface area (Å²) in [6.07, 6.45) is 4.57. The molecular weight excluding hydrogens is 230 g/mol. The number of aryl methyl sites for hydroxylation is 1. The van der Waals surface area contributed by atoms with Crippen LogP contribution in [0.25, 0.3) is 0 Å². The van der Waals surface area contributed by atoms with Crippen molar-refractivity contribution in [2.24, 2.45) is 5.92 Å². The molecule has 1 unspecified atom stereocenters. The van der Waals surface area contributed by atoms with E-state index in [4.69, 9.17) is 0 Å². The minimum Gasteiger partial charge on any atom is -0.309 e. The predicted molar refractivity (Wildman–Crippen MR) is 74.4 cm³/mol. The lowest BCUT2D eigenvalue weighted by atomic mass is 9.92. The summed E-state index contributed by atoms with van der Waals surface area (Å²) in [5, 5.41) is 7.92. The first-order valence-corrected chi connectivity index (χ1v) is 7.60. The molecule has 3 nitrogen and oxygen atoms in total. The Labute approximate surface area is 109 Å². The molecule has 98 valence electrons. The van der Waals surface area contributed by atoms with Crippen molar-refractivity contribution < 1.29 is 0 Å². The predicted octanol–water partition coefficient (Wildman–Crippen LogP) is 3.58. The van der Waals surface area contributed by atoms with E-state index in [1.807, 2.05) is 0 Å². The Bertz CT molecular complexity index is 307. The fraction of sp³-hybridized carbons (Fsp3) is 0.846. The highest BCUT2D eigenvalue weighted by molar-refractivity contribution is 7.05. The number of rotatable bonds is 8. The molecule has 0 aromatic carbocycles. The molecule has 17 heavy (non-hydrogen) atoms. The van der Waals surface area contributed by atoms with Crippen LogP contribution in [0.3, 0.4) is 0 Å². The van der Waals surface area contributed by atoms with Gasteiger partial charge in [-0.05, 0) is 36.8 Å². The molecule has 0 aliphatic heterocycles. The van der Waals surface area contributed by atoms with Crippen LogP contribution in [0.4, 0.5) is 0 Å². The summed E-state index contributed by atoms with van der Waals surface area (Å²) in [5.74, 6) is 0.689. The molecule has 1 aromatic rings. The lowest BCUT2D eigenvalue weighted by Gasteiger charge is -2.25. The monoisotopic (exact) mass is 255 g/mol. The molecule has 1 N–H and O–H groups in total. The van der Waals surface area contributed by atoms with E-state index >= 15 is 0 Å². The van der Waals surface area contributed by atoms with E-state index in [1.165, 1.54) is 29.8 Å². The maximum atomic E-state index is 4.24. The average molecular weight is 255 g/mol. The van der Waals surface area contributed by atoms with Gasteiger partial charge in [-0.3, -0.25) is 0 Å². The molecule has 0 aliphatic carbocycles. The van der Waals surface area contributed by atoms with E-state index in [-0.39, 0.29) is 0 Å². The molecule has 0 saturated heterocycles. The van der Waals surface area contributed by atoms with Crippen LogP contribution < -0.4 is 5.32 Å². The van der Waals surface area contributed by atoms with E-state index in [0.29, 0.717) is 12.0 Å². The van der Waals surface area contributed by atoms with E-state index in [9.17, 15) is 0 Å². The highest BCUT2D eigenvalue weighted by atomic mass is 32.1. The summed E-state index contributed by atoms with van der Waals surface area (Å²) in [6.45, 7) is 9.98. The van der Waals surface area contributed by atoms with E-state index in [2.05, 4.69) is 42.6 Å². The molecule has 1 heterocycles.